The van der Waals surface area contributed by atoms with Crippen molar-refractivity contribution in [3.63, 3.8) is 0 Å². The molecule has 2 heteroatoms. The van der Waals surface area contributed by atoms with Gasteiger partial charge in [-0.05, 0) is 55.2 Å². The summed E-state index contributed by atoms with van der Waals surface area (Å²) in [6.45, 7) is 0. The summed E-state index contributed by atoms with van der Waals surface area (Å²) in [5, 5.41) is 12.2. The van der Waals surface area contributed by atoms with Gasteiger partial charge < -0.3 is 5.11 Å². The lowest BCUT2D eigenvalue weighted by Gasteiger charge is -2.33. The van der Waals surface area contributed by atoms with E-state index < -0.39 is 5.60 Å². The number of aliphatic hydroxyl groups is 1. The largest absolute Gasteiger partial charge is 0.385 e. The highest BCUT2D eigenvalue weighted by molar-refractivity contribution is 5.83. The summed E-state index contributed by atoms with van der Waals surface area (Å²) >= 11 is 0. The zero-order valence-corrected chi connectivity index (χ0v) is 10.3. The molecule has 2 aliphatic rings. The fraction of sp³-hybridized carbons (Fsp3) is 0.438. The van der Waals surface area contributed by atoms with Crippen molar-refractivity contribution in [3.8, 4) is 0 Å². The Morgan fingerprint density at radius 2 is 2.11 bits per heavy atom. The van der Waals surface area contributed by atoms with Gasteiger partial charge in [-0.2, -0.15) is 0 Å². The van der Waals surface area contributed by atoms with Crippen LogP contribution in [-0.2, 0) is 5.60 Å². The molecule has 92 valence electrons. The van der Waals surface area contributed by atoms with Gasteiger partial charge in [0.1, 0.15) is 0 Å². The molecule has 0 amide bonds. The van der Waals surface area contributed by atoms with Crippen molar-refractivity contribution >= 4 is 10.9 Å². The van der Waals surface area contributed by atoms with Gasteiger partial charge in [0.2, 0.25) is 0 Å². The van der Waals surface area contributed by atoms with Gasteiger partial charge in [-0.15, -0.1) is 0 Å². The predicted octanol–water partition coefficient (Wildman–Crippen LogP) is 3.24. The molecule has 1 aromatic heterocycles. The van der Waals surface area contributed by atoms with Gasteiger partial charge >= 0.3 is 0 Å². The maximum Gasteiger partial charge on any atom is 0.0933 e. The molecule has 3 atom stereocenters. The quantitative estimate of drug-likeness (QED) is 0.828. The first-order valence-corrected chi connectivity index (χ1v) is 6.84. The van der Waals surface area contributed by atoms with Gasteiger partial charge in [-0.25, -0.2) is 0 Å². The summed E-state index contributed by atoms with van der Waals surface area (Å²) in [5.41, 5.74) is 1.48. The maximum atomic E-state index is 11.1. The molecule has 2 nitrogen and oxygen atoms in total. The van der Waals surface area contributed by atoms with Crippen LogP contribution in [0.25, 0.3) is 10.9 Å². The molecule has 2 bridgehead atoms. The first-order valence-electron chi connectivity index (χ1n) is 6.84. The lowest BCUT2D eigenvalue weighted by atomic mass is 9.77. The highest BCUT2D eigenvalue weighted by Crippen LogP contribution is 2.56. The molecule has 18 heavy (non-hydrogen) atoms. The Balaban J connectivity index is 1.92. The van der Waals surface area contributed by atoms with Gasteiger partial charge in [0.25, 0.3) is 0 Å². The van der Waals surface area contributed by atoms with E-state index in [-0.39, 0.29) is 0 Å². The molecule has 0 aliphatic heterocycles. The van der Waals surface area contributed by atoms with Crippen LogP contribution in [0.5, 0.6) is 0 Å². The van der Waals surface area contributed by atoms with Crippen LogP contribution in [0.1, 0.15) is 31.2 Å². The zero-order valence-electron chi connectivity index (χ0n) is 10.3. The molecular weight excluding hydrogens is 222 g/mol. The molecule has 0 radical (unpaired) electrons. The lowest BCUT2D eigenvalue weighted by Crippen LogP contribution is -2.32. The Morgan fingerprint density at radius 3 is 2.89 bits per heavy atom. The van der Waals surface area contributed by atoms with E-state index in [1.165, 1.54) is 19.3 Å². The molecule has 2 aromatic rings. The predicted molar refractivity (Wildman–Crippen MR) is 71.1 cm³/mol. The number of rotatable bonds is 1. The van der Waals surface area contributed by atoms with Gasteiger partial charge in [0, 0.05) is 11.6 Å². The molecular formula is C16H17NO. The zero-order chi connectivity index (χ0) is 12.2. The molecule has 1 N–H and O–H groups in total. The van der Waals surface area contributed by atoms with Crippen LogP contribution in [0.4, 0.5) is 0 Å². The van der Waals surface area contributed by atoms with Crippen molar-refractivity contribution < 1.29 is 5.11 Å². The normalized spacial score (nSPS) is 34.3. The SMILES string of the molecule is OC1(c2cccc3ncccc23)CC2CCC1C2. The third-order valence-electron chi connectivity index (χ3n) is 4.93. The van der Waals surface area contributed by atoms with Crippen molar-refractivity contribution in [2.45, 2.75) is 31.3 Å². The first kappa shape index (κ1) is 10.5. The summed E-state index contributed by atoms with van der Waals surface area (Å²) in [5.74, 6) is 1.18. The standard InChI is InChI=1S/C16H17NO/c18-16(10-11-6-7-12(16)9-11)14-4-1-5-15-13(14)3-2-8-17-15/h1-5,8,11-12,18H,6-7,9-10H2. The van der Waals surface area contributed by atoms with E-state index in [9.17, 15) is 5.11 Å². The molecule has 2 saturated carbocycles. The fourth-order valence-corrected chi connectivity index (χ4v) is 4.11. The van der Waals surface area contributed by atoms with Gasteiger partial charge in [0.05, 0.1) is 11.1 Å². The van der Waals surface area contributed by atoms with E-state index in [1.54, 1.807) is 0 Å². The number of hydrogen-bond donors (Lipinski definition) is 1. The monoisotopic (exact) mass is 239 g/mol. The van der Waals surface area contributed by atoms with E-state index in [4.69, 9.17) is 0 Å². The van der Waals surface area contributed by atoms with Gasteiger partial charge in [-0.1, -0.05) is 18.2 Å². The van der Waals surface area contributed by atoms with E-state index in [0.717, 1.165) is 28.8 Å². The van der Waals surface area contributed by atoms with E-state index in [1.807, 2.05) is 24.4 Å². The molecule has 0 saturated heterocycles. The third kappa shape index (κ3) is 1.30. The summed E-state index contributed by atoms with van der Waals surface area (Å²) in [6.07, 6.45) is 6.43. The highest BCUT2D eigenvalue weighted by Gasteiger charge is 2.51. The molecule has 0 spiro atoms. The molecule has 4 rings (SSSR count). The van der Waals surface area contributed by atoms with Crippen molar-refractivity contribution in [1.82, 2.24) is 4.98 Å². The van der Waals surface area contributed by atoms with Crippen molar-refractivity contribution in [2.75, 3.05) is 0 Å². The molecule has 2 fully saturated rings. The van der Waals surface area contributed by atoms with E-state index in [0.29, 0.717) is 5.92 Å². The average Bonchev–Trinajstić information content (AvgIpc) is 2.98. The summed E-state index contributed by atoms with van der Waals surface area (Å²) < 4.78 is 0. The Morgan fingerprint density at radius 1 is 1.17 bits per heavy atom. The second-order valence-corrected chi connectivity index (χ2v) is 5.88. The first-order chi connectivity index (χ1) is 8.77. The van der Waals surface area contributed by atoms with Crippen molar-refractivity contribution in [3.05, 3.63) is 42.1 Å². The number of fused-ring (bicyclic) bond motifs is 3. The van der Waals surface area contributed by atoms with Crippen LogP contribution >= 0.6 is 0 Å². The molecule has 1 aromatic carbocycles. The van der Waals surface area contributed by atoms with Crippen LogP contribution < -0.4 is 0 Å². The Hall–Kier alpha value is -1.41. The number of aromatic nitrogens is 1. The molecule has 3 unspecified atom stereocenters. The van der Waals surface area contributed by atoms with E-state index >= 15 is 0 Å². The van der Waals surface area contributed by atoms with Crippen LogP contribution in [0.2, 0.25) is 0 Å². The summed E-state index contributed by atoms with van der Waals surface area (Å²) in [4.78, 5) is 4.40. The van der Waals surface area contributed by atoms with Gasteiger partial charge in [-0.3, -0.25) is 4.98 Å². The fourth-order valence-electron chi connectivity index (χ4n) is 4.11. The second kappa shape index (κ2) is 3.55. The number of pyridine rings is 1. The van der Waals surface area contributed by atoms with Crippen LogP contribution in [-0.4, -0.2) is 10.1 Å². The highest BCUT2D eigenvalue weighted by atomic mass is 16.3. The minimum atomic E-state index is -0.606. The number of hydrogen-bond acceptors (Lipinski definition) is 2. The van der Waals surface area contributed by atoms with Crippen molar-refractivity contribution in [2.24, 2.45) is 11.8 Å². The molecule has 1 heterocycles. The van der Waals surface area contributed by atoms with Crippen molar-refractivity contribution in [1.29, 1.82) is 0 Å². The Bertz CT molecular complexity index is 604. The van der Waals surface area contributed by atoms with Gasteiger partial charge in [0.15, 0.2) is 0 Å². The summed E-state index contributed by atoms with van der Waals surface area (Å²) in [6, 6.07) is 10.2. The lowest BCUT2D eigenvalue weighted by molar-refractivity contribution is -0.0168. The smallest absolute Gasteiger partial charge is 0.0933 e. The van der Waals surface area contributed by atoms with Crippen LogP contribution in [0.3, 0.4) is 0 Å². The minimum absolute atomic E-state index is 0.452. The summed E-state index contributed by atoms with van der Waals surface area (Å²) in [7, 11) is 0. The third-order valence-corrected chi connectivity index (χ3v) is 4.93. The van der Waals surface area contributed by atoms with Crippen LogP contribution in [0.15, 0.2) is 36.5 Å². The van der Waals surface area contributed by atoms with Crippen LogP contribution in [0, 0.1) is 11.8 Å². The Labute approximate surface area is 107 Å². The minimum Gasteiger partial charge on any atom is -0.385 e. The second-order valence-electron chi connectivity index (χ2n) is 5.88. The number of benzene rings is 1. The topological polar surface area (TPSA) is 33.1 Å². The van der Waals surface area contributed by atoms with E-state index in [2.05, 4.69) is 17.1 Å². The average molecular weight is 239 g/mol. The Kier molecular flexibility index (Phi) is 2.07. The maximum absolute atomic E-state index is 11.1. The molecule has 2 aliphatic carbocycles. The number of nitrogens with zero attached hydrogens (tertiary/aromatic N) is 1.